The van der Waals surface area contributed by atoms with Crippen molar-refractivity contribution in [2.75, 3.05) is 6.07 Å². The fraction of sp³-hybridized carbons (Fsp3) is 0.333. The average molecular weight is 160 g/mol. The molecular formula is C3H2ClNaO4. The molecule has 0 aromatic heterocycles. The molecule has 4 nitrogen and oxygen atoms in total. The summed E-state index contributed by atoms with van der Waals surface area (Å²) in [6.45, 7) is 0. The van der Waals surface area contributed by atoms with Crippen LogP contribution in [0.25, 0.3) is 0 Å². The average Bonchev–Trinajstić information content (AvgIpc) is 1.67. The molecule has 0 heterocycles. The van der Waals surface area contributed by atoms with Gasteiger partial charge in [-0.3, -0.25) is 0 Å². The van der Waals surface area contributed by atoms with E-state index in [0.717, 1.165) is 0 Å². The van der Waals surface area contributed by atoms with Crippen LogP contribution in [0.1, 0.15) is 0 Å². The van der Waals surface area contributed by atoms with Gasteiger partial charge in [0.05, 0.1) is 0 Å². The van der Waals surface area contributed by atoms with Gasteiger partial charge in [0.1, 0.15) is 0 Å². The summed E-state index contributed by atoms with van der Waals surface area (Å²) in [5.74, 6) is -3.33. The van der Waals surface area contributed by atoms with Gasteiger partial charge < -0.3 is 14.6 Å². The molecule has 0 aliphatic carbocycles. The number of esters is 1. The van der Waals surface area contributed by atoms with Crippen molar-refractivity contribution in [2.24, 2.45) is 0 Å². The first kappa shape index (κ1) is 12.0. The second kappa shape index (κ2) is 6.35. The number of carboxylic acids is 1. The van der Waals surface area contributed by atoms with E-state index < -0.39 is 18.0 Å². The van der Waals surface area contributed by atoms with Crippen LogP contribution in [0, 0.1) is 0 Å². The maximum atomic E-state index is 9.77. The van der Waals surface area contributed by atoms with E-state index in [-0.39, 0.29) is 29.6 Å². The largest absolute Gasteiger partial charge is 1.00 e. The molecular weight excluding hydrogens is 158 g/mol. The van der Waals surface area contributed by atoms with Crippen LogP contribution in [0.3, 0.4) is 0 Å². The molecule has 0 unspecified atom stereocenters. The van der Waals surface area contributed by atoms with Gasteiger partial charge in [-0.25, -0.2) is 4.79 Å². The van der Waals surface area contributed by atoms with E-state index in [1.54, 1.807) is 0 Å². The quantitative estimate of drug-likeness (QED) is 0.168. The van der Waals surface area contributed by atoms with Crippen molar-refractivity contribution < 1.29 is 49.0 Å². The molecule has 0 amide bonds. The van der Waals surface area contributed by atoms with Crippen molar-refractivity contribution in [3.8, 4) is 0 Å². The first-order valence-corrected chi connectivity index (χ1v) is 2.16. The Morgan fingerprint density at radius 3 is 2.11 bits per heavy atom. The van der Waals surface area contributed by atoms with E-state index in [4.69, 9.17) is 11.6 Å². The molecule has 0 aliphatic heterocycles. The Morgan fingerprint density at radius 1 is 1.56 bits per heavy atom. The van der Waals surface area contributed by atoms with E-state index in [1.165, 1.54) is 0 Å². The molecule has 0 saturated carbocycles. The standard InChI is InChI=1S/C3H3ClO4.Na/c4-1-8-3(7)2(5)6;/h1H2,(H,5,6);/q;+1/p-1. The van der Waals surface area contributed by atoms with Crippen molar-refractivity contribution in [3.05, 3.63) is 0 Å². The van der Waals surface area contributed by atoms with Gasteiger partial charge in [0, 0.05) is 0 Å². The van der Waals surface area contributed by atoms with Crippen LogP contribution >= 0.6 is 11.6 Å². The Hall–Kier alpha value is 0.230. The number of carboxylic acid groups (broad SMARTS) is 1. The van der Waals surface area contributed by atoms with E-state index in [2.05, 4.69) is 4.74 Å². The number of rotatable bonds is 1. The molecule has 0 saturated heterocycles. The third-order valence-corrected chi connectivity index (χ3v) is 0.461. The number of carbonyl (C=O) groups is 2. The Balaban J connectivity index is 0. The number of ether oxygens (including phenoxy) is 1. The van der Waals surface area contributed by atoms with Crippen LogP contribution < -0.4 is 34.7 Å². The van der Waals surface area contributed by atoms with Crippen molar-refractivity contribution in [3.63, 3.8) is 0 Å². The molecule has 9 heavy (non-hydrogen) atoms. The monoisotopic (exact) mass is 160 g/mol. The second-order valence-corrected chi connectivity index (χ2v) is 1.05. The number of halogens is 1. The van der Waals surface area contributed by atoms with E-state index in [9.17, 15) is 14.7 Å². The Kier molecular flexibility index (Phi) is 8.44. The van der Waals surface area contributed by atoms with Gasteiger partial charge in [-0.2, -0.15) is 0 Å². The van der Waals surface area contributed by atoms with Crippen molar-refractivity contribution in [1.82, 2.24) is 0 Å². The van der Waals surface area contributed by atoms with Crippen LogP contribution in [0.15, 0.2) is 0 Å². The zero-order valence-electron chi connectivity index (χ0n) is 4.72. The molecule has 0 bridgehead atoms. The zero-order valence-corrected chi connectivity index (χ0v) is 7.47. The molecule has 0 spiro atoms. The minimum absolute atomic E-state index is 0. The Labute approximate surface area is 78.4 Å². The molecule has 46 valence electrons. The predicted octanol–water partition coefficient (Wildman–Crippen LogP) is -4.52. The summed E-state index contributed by atoms with van der Waals surface area (Å²) < 4.78 is 3.77. The molecule has 0 aromatic carbocycles. The van der Waals surface area contributed by atoms with Crippen LogP contribution in [-0.4, -0.2) is 18.0 Å². The molecule has 0 atom stereocenters. The third kappa shape index (κ3) is 6.11. The number of hydrogen-bond acceptors (Lipinski definition) is 4. The van der Waals surface area contributed by atoms with Crippen LogP contribution in [0.4, 0.5) is 0 Å². The van der Waals surface area contributed by atoms with E-state index in [0.29, 0.717) is 0 Å². The van der Waals surface area contributed by atoms with E-state index >= 15 is 0 Å². The van der Waals surface area contributed by atoms with Gasteiger partial charge >= 0.3 is 35.5 Å². The minimum atomic E-state index is -1.88. The summed E-state index contributed by atoms with van der Waals surface area (Å²) in [4.78, 5) is 19.2. The fourth-order valence-corrected chi connectivity index (χ4v) is 0.208. The van der Waals surface area contributed by atoms with Crippen molar-refractivity contribution in [1.29, 1.82) is 0 Å². The second-order valence-electron chi connectivity index (χ2n) is 0.828. The smallest absolute Gasteiger partial charge is 0.539 e. The summed E-state index contributed by atoms with van der Waals surface area (Å²) in [6.07, 6.45) is 0. The van der Waals surface area contributed by atoms with Crippen LogP contribution in [-0.2, 0) is 14.3 Å². The molecule has 0 rings (SSSR count). The molecule has 6 heteroatoms. The number of carbonyl (C=O) groups excluding carboxylic acids is 2. The molecule has 0 N–H and O–H groups in total. The molecule has 0 fully saturated rings. The first-order valence-electron chi connectivity index (χ1n) is 1.62. The Morgan fingerprint density at radius 2 is 2.00 bits per heavy atom. The SMILES string of the molecule is O=C([O-])C(=O)OCCl.[Na+]. The predicted molar refractivity (Wildman–Crippen MR) is 21.8 cm³/mol. The summed E-state index contributed by atoms with van der Waals surface area (Å²) in [5, 5.41) is 9.44. The Bertz CT molecular complexity index is 114. The maximum absolute atomic E-state index is 9.77. The molecule has 0 aromatic rings. The van der Waals surface area contributed by atoms with Gasteiger partial charge in [0.2, 0.25) is 0 Å². The van der Waals surface area contributed by atoms with Gasteiger partial charge in [-0.1, -0.05) is 11.6 Å². The number of alkyl halides is 1. The number of hydrogen-bond donors (Lipinski definition) is 0. The maximum Gasteiger partial charge on any atom is 1.00 e. The van der Waals surface area contributed by atoms with Gasteiger partial charge in [0.25, 0.3) is 0 Å². The first-order chi connectivity index (χ1) is 3.68. The van der Waals surface area contributed by atoms with Crippen molar-refractivity contribution in [2.45, 2.75) is 0 Å². The van der Waals surface area contributed by atoms with Crippen LogP contribution in [0.2, 0.25) is 0 Å². The fourth-order valence-electron chi connectivity index (χ4n) is 0.108. The molecule has 0 aliphatic rings. The normalized spacial score (nSPS) is 7.22. The summed E-state index contributed by atoms with van der Waals surface area (Å²) in [7, 11) is 0. The third-order valence-electron chi connectivity index (χ3n) is 0.352. The van der Waals surface area contributed by atoms with Crippen molar-refractivity contribution >= 4 is 23.5 Å². The topological polar surface area (TPSA) is 66.4 Å². The van der Waals surface area contributed by atoms with Gasteiger partial charge in [0.15, 0.2) is 12.0 Å². The zero-order chi connectivity index (χ0) is 6.57. The minimum Gasteiger partial charge on any atom is -0.539 e. The summed E-state index contributed by atoms with van der Waals surface area (Å²) in [5.41, 5.74) is 0. The summed E-state index contributed by atoms with van der Waals surface area (Å²) in [6, 6.07) is -0.465. The van der Waals surface area contributed by atoms with Gasteiger partial charge in [-0.05, 0) is 0 Å². The summed E-state index contributed by atoms with van der Waals surface area (Å²) >= 11 is 4.81. The van der Waals surface area contributed by atoms with Crippen LogP contribution in [0.5, 0.6) is 0 Å². The molecule has 0 radical (unpaired) electrons. The van der Waals surface area contributed by atoms with E-state index in [1.807, 2.05) is 0 Å². The number of aliphatic carboxylic acids is 1. The van der Waals surface area contributed by atoms with Gasteiger partial charge in [-0.15, -0.1) is 0 Å².